The molecule has 1 aliphatic heterocycles. The molecule has 0 aliphatic carbocycles. The van der Waals surface area contributed by atoms with Gasteiger partial charge in [-0.05, 0) is 19.8 Å². The number of amides is 2. The van der Waals surface area contributed by atoms with E-state index in [1.165, 1.54) is 4.90 Å². The number of urea groups is 1. The number of aliphatic carboxylic acids is 1. The molecule has 2 heterocycles. The van der Waals surface area contributed by atoms with E-state index in [0.717, 1.165) is 13.0 Å². The van der Waals surface area contributed by atoms with Crippen molar-refractivity contribution < 1.29 is 14.7 Å². The van der Waals surface area contributed by atoms with E-state index in [1.807, 2.05) is 11.5 Å². The van der Waals surface area contributed by atoms with Crippen LogP contribution in [0.2, 0.25) is 0 Å². The fraction of sp³-hybridized carbons (Fsp3) is 0.636. The normalized spacial score (nSPS) is 18.6. The van der Waals surface area contributed by atoms with Crippen LogP contribution in [0.15, 0.2) is 6.33 Å². The first kappa shape index (κ1) is 13.3. The third-order valence-corrected chi connectivity index (χ3v) is 3.23. The fourth-order valence-electron chi connectivity index (χ4n) is 2.20. The maximum atomic E-state index is 11.9. The molecule has 0 spiro atoms. The van der Waals surface area contributed by atoms with Crippen molar-refractivity contribution in [1.82, 2.24) is 25.0 Å². The van der Waals surface area contributed by atoms with Crippen molar-refractivity contribution >= 4 is 12.0 Å². The van der Waals surface area contributed by atoms with Crippen LogP contribution >= 0.6 is 0 Å². The van der Waals surface area contributed by atoms with E-state index in [0.29, 0.717) is 18.8 Å². The van der Waals surface area contributed by atoms with Crippen molar-refractivity contribution in [2.45, 2.75) is 38.9 Å². The van der Waals surface area contributed by atoms with Crippen LogP contribution in [-0.2, 0) is 17.9 Å². The van der Waals surface area contributed by atoms with E-state index in [1.54, 1.807) is 6.33 Å². The van der Waals surface area contributed by atoms with E-state index >= 15 is 0 Å². The monoisotopic (exact) mass is 267 g/mol. The van der Waals surface area contributed by atoms with E-state index < -0.39 is 12.0 Å². The zero-order valence-corrected chi connectivity index (χ0v) is 10.7. The lowest BCUT2D eigenvalue weighted by atomic mass is 10.2. The van der Waals surface area contributed by atoms with Crippen LogP contribution in [0.1, 0.15) is 25.6 Å². The lowest BCUT2D eigenvalue weighted by Gasteiger charge is -2.21. The fourth-order valence-corrected chi connectivity index (χ4v) is 2.20. The van der Waals surface area contributed by atoms with Gasteiger partial charge in [0.25, 0.3) is 0 Å². The van der Waals surface area contributed by atoms with Crippen LogP contribution in [0.5, 0.6) is 0 Å². The Morgan fingerprint density at radius 1 is 1.58 bits per heavy atom. The smallest absolute Gasteiger partial charge is 0.326 e. The zero-order chi connectivity index (χ0) is 13.8. The second kappa shape index (κ2) is 5.68. The molecular formula is C11H17N5O3. The minimum atomic E-state index is -0.954. The molecule has 0 unspecified atom stereocenters. The number of aromatic nitrogens is 3. The van der Waals surface area contributed by atoms with E-state index in [-0.39, 0.29) is 12.6 Å². The van der Waals surface area contributed by atoms with Crippen molar-refractivity contribution in [1.29, 1.82) is 0 Å². The molecule has 1 saturated heterocycles. The number of carboxylic acid groups (broad SMARTS) is 1. The number of likely N-dealkylation sites (tertiary alicyclic amines) is 1. The number of carboxylic acids is 1. The summed E-state index contributed by atoms with van der Waals surface area (Å²) in [6.45, 7) is 3.40. The van der Waals surface area contributed by atoms with Crippen LogP contribution in [0.3, 0.4) is 0 Å². The van der Waals surface area contributed by atoms with Crippen LogP contribution < -0.4 is 5.32 Å². The maximum absolute atomic E-state index is 11.9. The average Bonchev–Trinajstić information content (AvgIpc) is 3.04. The Bertz CT molecular complexity index is 473. The molecule has 1 aliphatic rings. The number of hydrogen-bond acceptors (Lipinski definition) is 4. The molecule has 8 nitrogen and oxygen atoms in total. The van der Waals surface area contributed by atoms with Gasteiger partial charge in [0.15, 0.2) is 5.82 Å². The molecular weight excluding hydrogens is 250 g/mol. The van der Waals surface area contributed by atoms with Crippen molar-refractivity contribution in [2.24, 2.45) is 0 Å². The number of hydrogen-bond donors (Lipinski definition) is 2. The van der Waals surface area contributed by atoms with Gasteiger partial charge in [-0.1, -0.05) is 0 Å². The average molecular weight is 267 g/mol. The molecule has 2 N–H and O–H groups in total. The van der Waals surface area contributed by atoms with E-state index in [2.05, 4.69) is 15.5 Å². The number of carbonyl (C=O) groups excluding carboxylic acids is 1. The molecule has 8 heteroatoms. The number of nitrogens with zero attached hydrogens (tertiary/aromatic N) is 4. The minimum absolute atomic E-state index is 0.246. The highest BCUT2D eigenvalue weighted by Crippen LogP contribution is 2.17. The molecule has 2 amide bonds. The van der Waals surface area contributed by atoms with Crippen molar-refractivity contribution in [3.63, 3.8) is 0 Å². The van der Waals surface area contributed by atoms with Crippen molar-refractivity contribution in [3.8, 4) is 0 Å². The molecule has 1 aromatic rings. The van der Waals surface area contributed by atoms with Crippen molar-refractivity contribution in [2.75, 3.05) is 6.54 Å². The predicted octanol–water partition coefficient (Wildman–Crippen LogP) is 0.0566. The number of nitrogens with one attached hydrogen (secondary N) is 1. The summed E-state index contributed by atoms with van der Waals surface area (Å²) >= 11 is 0. The lowest BCUT2D eigenvalue weighted by molar-refractivity contribution is -0.141. The minimum Gasteiger partial charge on any atom is -0.480 e. The van der Waals surface area contributed by atoms with Gasteiger partial charge in [0.1, 0.15) is 12.4 Å². The summed E-state index contributed by atoms with van der Waals surface area (Å²) < 4.78 is 1.82. The number of rotatable bonds is 4. The molecule has 0 radical (unpaired) electrons. The number of carbonyl (C=O) groups is 2. The quantitative estimate of drug-likeness (QED) is 0.803. The third-order valence-electron chi connectivity index (χ3n) is 3.23. The number of aryl methyl sites for hydroxylation is 1. The first-order chi connectivity index (χ1) is 9.13. The lowest BCUT2D eigenvalue weighted by Crippen LogP contribution is -2.45. The highest BCUT2D eigenvalue weighted by Gasteiger charge is 2.33. The maximum Gasteiger partial charge on any atom is 0.326 e. The van der Waals surface area contributed by atoms with Gasteiger partial charge in [-0.15, -0.1) is 10.2 Å². The second-order valence-corrected chi connectivity index (χ2v) is 4.38. The summed E-state index contributed by atoms with van der Waals surface area (Å²) in [5.41, 5.74) is 0. The summed E-state index contributed by atoms with van der Waals surface area (Å²) in [6.07, 6.45) is 2.82. The van der Waals surface area contributed by atoms with Crippen molar-refractivity contribution in [3.05, 3.63) is 12.2 Å². The van der Waals surface area contributed by atoms with Crippen LogP contribution in [-0.4, -0.2) is 49.4 Å². The summed E-state index contributed by atoms with van der Waals surface area (Å²) in [5.74, 6) is -0.300. The summed E-state index contributed by atoms with van der Waals surface area (Å²) in [7, 11) is 0. The van der Waals surface area contributed by atoms with Crippen LogP contribution in [0.4, 0.5) is 4.79 Å². The second-order valence-electron chi connectivity index (χ2n) is 4.38. The van der Waals surface area contributed by atoms with Gasteiger partial charge in [-0.25, -0.2) is 9.59 Å². The predicted molar refractivity (Wildman–Crippen MR) is 65.3 cm³/mol. The Morgan fingerprint density at radius 3 is 3.05 bits per heavy atom. The van der Waals surface area contributed by atoms with Crippen LogP contribution in [0.25, 0.3) is 0 Å². The Kier molecular flexibility index (Phi) is 3.98. The summed E-state index contributed by atoms with van der Waals surface area (Å²) in [4.78, 5) is 24.3. The molecule has 104 valence electrons. The zero-order valence-electron chi connectivity index (χ0n) is 10.7. The SMILES string of the molecule is CCn1cnnc1CNC(=O)N1CCC[C@@H]1C(=O)O. The highest BCUT2D eigenvalue weighted by molar-refractivity contribution is 5.83. The van der Waals surface area contributed by atoms with Gasteiger partial charge in [0, 0.05) is 13.1 Å². The Morgan fingerprint density at radius 2 is 2.37 bits per heavy atom. The Hall–Kier alpha value is -2.12. The van der Waals surface area contributed by atoms with Gasteiger partial charge in [0.05, 0.1) is 6.54 Å². The summed E-state index contributed by atoms with van der Waals surface area (Å²) in [6, 6.07) is -1.08. The van der Waals surface area contributed by atoms with Crippen LogP contribution in [0, 0.1) is 0 Å². The first-order valence-electron chi connectivity index (χ1n) is 6.27. The Balaban J connectivity index is 1.92. The first-order valence-corrected chi connectivity index (χ1v) is 6.27. The van der Waals surface area contributed by atoms with Gasteiger partial charge < -0.3 is 19.9 Å². The van der Waals surface area contributed by atoms with Gasteiger partial charge in [-0.2, -0.15) is 0 Å². The topological polar surface area (TPSA) is 100 Å². The van der Waals surface area contributed by atoms with E-state index in [4.69, 9.17) is 5.11 Å². The molecule has 0 bridgehead atoms. The molecule has 0 aromatic carbocycles. The van der Waals surface area contributed by atoms with Gasteiger partial charge in [0.2, 0.25) is 0 Å². The van der Waals surface area contributed by atoms with Gasteiger partial charge >= 0.3 is 12.0 Å². The molecule has 1 atom stereocenters. The third kappa shape index (κ3) is 2.83. The van der Waals surface area contributed by atoms with E-state index in [9.17, 15) is 9.59 Å². The summed E-state index contributed by atoms with van der Waals surface area (Å²) in [5, 5.41) is 19.4. The molecule has 1 fully saturated rings. The molecule has 2 rings (SSSR count). The standard InChI is InChI=1S/C11H17N5O3/c1-2-15-7-13-14-9(15)6-12-11(19)16-5-3-4-8(16)10(17)18/h7-8H,2-6H2,1H3,(H,12,19)(H,17,18)/t8-/m1/s1. The highest BCUT2D eigenvalue weighted by atomic mass is 16.4. The van der Waals surface area contributed by atoms with Gasteiger partial charge in [-0.3, -0.25) is 0 Å². The largest absolute Gasteiger partial charge is 0.480 e. The molecule has 0 saturated carbocycles. The molecule has 1 aromatic heterocycles. The Labute approximate surface area is 110 Å². The molecule has 19 heavy (non-hydrogen) atoms.